The van der Waals surface area contributed by atoms with Gasteiger partial charge in [-0.1, -0.05) is 76.6 Å². The summed E-state index contributed by atoms with van der Waals surface area (Å²) in [6, 6.07) is 30.3. The van der Waals surface area contributed by atoms with E-state index in [4.69, 9.17) is 0 Å². The molecule has 0 aliphatic heterocycles. The summed E-state index contributed by atoms with van der Waals surface area (Å²) < 4.78 is 3.13. The largest absolute Gasteiger partial charge is 0.345 e. The third-order valence-corrected chi connectivity index (χ3v) is 5.95. The molecule has 3 nitrogen and oxygen atoms in total. The fourth-order valence-electron chi connectivity index (χ4n) is 3.72. The molecule has 0 bridgehead atoms. The van der Waals surface area contributed by atoms with Crippen LogP contribution in [-0.4, -0.2) is 15.4 Å². The molecular formula is C27H25BrN2O. The highest BCUT2D eigenvalue weighted by Crippen LogP contribution is 2.19. The van der Waals surface area contributed by atoms with Gasteiger partial charge >= 0.3 is 0 Å². The van der Waals surface area contributed by atoms with Crippen molar-refractivity contribution in [1.82, 2.24) is 9.47 Å². The van der Waals surface area contributed by atoms with Crippen LogP contribution in [0.3, 0.4) is 0 Å². The van der Waals surface area contributed by atoms with Crippen LogP contribution in [0, 0.1) is 6.92 Å². The van der Waals surface area contributed by atoms with Crippen LogP contribution in [0.4, 0.5) is 0 Å². The number of amides is 1. The summed E-state index contributed by atoms with van der Waals surface area (Å²) in [5.41, 5.74) is 5.47. The number of benzene rings is 3. The zero-order chi connectivity index (χ0) is 21.6. The molecule has 0 unspecified atom stereocenters. The maximum absolute atomic E-state index is 13.4. The quantitative estimate of drug-likeness (QED) is 0.303. The van der Waals surface area contributed by atoms with Crippen LogP contribution >= 0.6 is 15.9 Å². The monoisotopic (exact) mass is 472 g/mol. The first-order chi connectivity index (χ1) is 15.1. The van der Waals surface area contributed by atoms with Gasteiger partial charge in [-0.05, 0) is 53.9 Å². The van der Waals surface area contributed by atoms with Gasteiger partial charge in [0.25, 0.3) is 5.91 Å². The minimum Gasteiger partial charge on any atom is -0.345 e. The molecule has 0 aliphatic rings. The SMILES string of the molecule is Cc1ccccc1Cn1cccc1CN(Cc1ccccc1)C(=O)c1cccc(Br)c1. The van der Waals surface area contributed by atoms with Crippen LogP contribution in [0.15, 0.2) is 102 Å². The third kappa shape index (κ3) is 5.33. The lowest BCUT2D eigenvalue weighted by molar-refractivity contribution is 0.0726. The third-order valence-electron chi connectivity index (χ3n) is 5.45. The second-order valence-electron chi connectivity index (χ2n) is 7.71. The zero-order valence-electron chi connectivity index (χ0n) is 17.5. The van der Waals surface area contributed by atoms with Crippen molar-refractivity contribution >= 4 is 21.8 Å². The van der Waals surface area contributed by atoms with Gasteiger partial charge in [0.15, 0.2) is 0 Å². The van der Waals surface area contributed by atoms with Crippen LogP contribution < -0.4 is 0 Å². The topological polar surface area (TPSA) is 25.2 Å². The van der Waals surface area contributed by atoms with E-state index in [1.165, 1.54) is 11.1 Å². The Labute approximate surface area is 192 Å². The number of aromatic nitrogens is 1. The predicted octanol–water partition coefficient (Wildman–Crippen LogP) is 6.45. The van der Waals surface area contributed by atoms with Gasteiger partial charge in [-0.2, -0.15) is 0 Å². The van der Waals surface area contributed by atoms with Gasteiger partial charge in [0.2, 0.25) is 0 Å². The van der Waals surface area contributed by atoms with Gasteiger partial charge in [0.05, 0.1) is 6.54 Å². The van der Waals surface area contributed by atoms with Crippen molar-refractivity contribution in [2.24, 2.45) is 0 Å². The smallest absolute Gasteiger partial charge is 0.254 e. The molecule has 31 heavy (non-hydrogen) atoms. The summed E-state index contributed by atoms with van der Waals surface area (Å²) in [6.07, 6.45) is 2.09. The summed E-state index contributed by atoms with van der Waals surface area (Å²) in [6.45, 7) is 4.02. The summed E-state index contributed by atoms with van der Waals surface area (Å²) in [5.74, 6) is 0.0220. The highest BCUT2D eigenvalue weighted by atomic mass is 79.9. The number of hydrogen-bond acceptors (Lipinski definition) is 1. The highest BCUT2D eigenvalue weighted by Gasteiger charge is 2.18. The van der Waals surface area contributed by atoms with Gasteiger partial charge in [0, 0.05) is 35.0 Å². The summed E-state index contributed by atoms with van der Waals surface area (Å²) in [4.78, 5) is 15.4. The fourth-order valence-corrected chi connectivity index (χ4v) is 4.12. The number of halogens is 1. The molecule has 4 rings (SSSR count). The number of carbonyl (C=O) groups is 1. The molecule has 4 heteroatoms. The molecule has 156 valence electrons. The van der Waals surface area contributed by atoms with Gasteiger partial charge in [-0.15, -0.1) is 0 Å². The molecule has 1 heterocycles. The average Bonchev–Trinajstić information content (AvgIpc) is 3.21. The Hall–Kier alpha value is -3.11. The molecule has 4 aromatic rings. The molecule has 3 aromatic carbocycles. The van der Waals surface area contributed by atoms with Crippen LogP contribution in [0.1, 0.15) is 32.7 Å². The first-order valence-electron chi connectivity index (χ1n) is 10.4. The number of hydrogen-bond donors (Lipinski definition) is 0. The molecule has 0 radical (unpaired) electrons. The predicted molar refractivity (Wildman–Crippen MR) is 129 cm³/mol. The molecule has 0 aliphatic carbocycles. The van der Waals surface area contributed by atoms with Crippen molar-refractivity contribution in [2.75, 3.05) is 0 Å². The number of nitrogens with zero attached hydrogens (tertiary/aromatic N) is 2. The standard InChI is InChI=1S/C27H25BrN2O/c1-21-9-5-6-12-24(21)19-29-16-8-15-26(29)20-30(18-22-10-3-2-4-11-22)27(31)23-13-7-14-25(28)17-23/h2-17H,18-20H2,1H3. The van der Waals surface area contributed by atoms with Crippen molar-refractivity contribution in [3.63, 3.8) is 0 Å². The maximum Gasteiger partial charge on any atom is 0.254 e. The number of carbonyl (C=O) groups excluding carboxylic acids is 1. The van der Waals surface area contributed by atoms with Crippen molar-refractivity contribution < 1.29 is 4.79 Å². The molecule has 0 N–H and O–H groups in total. The lowest BCUT2D eigenvalue weighted by atomic mass is 10.1. The lowest BCUT2D eigenvalue weighted by Gasteiger charge is -2.24. The van der Waals surface area contributed by atoms with E-state index in [0.717, 1.165) is 22.3 Å². The van der Waals surface area contributed by atoms with Gasteiger partial charge in [-0.25, -0.2) is 0 Å². The van der Waals surface area contributed by atoms with Crippen molar-refractivity contribution in [1.29, 1.82) is 0 Å². The first kappa shape index (κ1) is 21.1. The van der Waals surface area contributed by atoms with E-state index in [1.54, 1.807) is 0 Å². The molecule has 0 spiro atoms. The van der Waals surface area contributed by atoms with E-state index < -0.39 is 0 Å². The average molecular weight is 473 g/mol. The Morgan fingerprint density at radius 2 is 1.65 bits per heavy atom. The molecule has 0 saturated heterocycles. The Morgan fingerprint density at radius 1 is 0.871 bits per heavy atom. The Balaban J connectivity index is 1.61. The molecule has 0 atom stereocenters. The van der Waals surface area contributed by atoms with Gasteiger partial charge < -0.3 is 9.47 Å². The zero-order valence-corrected chi connectivity index (χ0v) is 19.1. The van der Waals surface area contributed by atoms with E-state index in [9.17, 15) is 4.79 Å². The van der Waals surface area contributed by atoms with Crippen molar-refractivity contribution in [2.45, 2.75) is 26.6 Å². The van der Waals surface area contributed by atoms with Crippen molar-refractivity contribution in [3.05, 3.63) is 130 Å². The number of rotatable bonds is 7. The normalized spacial score (nSPS) is 10.8. The highest BCUT2D eigenvalue weighted by molar-refractivity contribution is 9.10. The Morgan fingerprint density at radius 3 is 2.42 bits per heavy atom. The molecule has 0 fully saturated rings. The minimum atomic E-state index is 0.0220. The Bertz CT molecular complexity index is 1170. The lowest BCUT2D eigenvalue weighted by Crippen LogP contribution is -2.31. The van der Waals surface area contributed by atoms with E-state index in [0.29, 0.717) is 18.7 Å². The van der Waals surface area contributed by atoms with Crippen LogP contribution in [0.25, 0.3) is 0 Å². The van der Waals surface area contributed by atoms with Gasteiger partial charge in [0.1, 0.15) is 0 Å². The molecule has 1 amide bonds. The molecule has 1 aromatic heterocycles. The molecular weight excluding hydrogens is 448 g/mol. The summed E-state index contributed by atoms with van der Waals surface area (Å²) >= 11 is 3.49. The van der Waals surface area contributed by atoms with E-state index in [-0.39, 0.29) is 5.91 Å². The fraction of sp³-hybridized carbons (Fsp3) is 0.148. The first-order valence-corrected chi connectivity index (χ1v) is 11.2. The maximum atomic E-state index is 13.4. The van der Waals surface area contributed by atoms with Crippen molar-refractivity contribution in [3.8, 4) is 0 Å². The second-order valence-corrected chi connectivity index (χ2v) is 8.63. The van der Waals surface area contributed by atoms with Crippen LogP contribution in [-0.2, 0) is 19.6 Å². The van der Waals surface area contributed by atoms with Crippen LogP contribution in [0.5, 0.6) is 0 Å². The Kier molecular flexibility index (Phi) is 6.68. The molecule has 0 saturated carbocycles. The van der Waals surface area contributed by atoms with E-state index in [2.05, 4.69) is 82.1 Å². The number of aryl methyl sites for hydroxylation is 1. The minimum absolute atomic E-state index is 0.0220. The summed E-state index contributed by atoms with van der Waals surface area (Å²) in [5, 5.41) is 0. The van der Waals surface area contributed by atoms with Crippen LogP contribution in [0.2, 0.25) is 0 Å². The summed E-state index contributed by atoms with van der Waals surface area (Å²) in [7, 11) is 0. The van der Waals surface area contributed by atoms with Gasteiger partial charge in [-0.3, -0.25) is 4.79 Å². The second kappa shape index (κ2) is 9.80. The van der Waals surface area contributed by atoms with E-state index in [1.807, 2.05) is 47.4 Å². The van der Waals surface area contributed by atoms with E-state index >= 15 is 0 Å².